The highest BCUT2D eigenvalue weighted by Gasteiger charge is 2.36. The van der Waals surface area contributed by atoms with Crippen molar-refractivity contribution in [2.75, 3.05) is 11.6 Å². The molecule has 0 radical (unpaired) electrons. The second-order valence-electron chi connectivity index (χ2n) is 3.75. The van der Waals surface area contributed by atoms with Gasteiger partial charge in [-0.05, 0) is 12.1 Å². The van der Waals surface area contributed by atoms with Crippen LogP contribution in [0.15, 0.2) is 16.5 Å². The van der Waals surface area contributed by atoms with E-state index in [0.29, 0.717) is 18.1 Å². The Balaban J connectivity index is 2.16. The summed E-state index contributed by atoms with van der Waals surface area (Å²) in [6.45, 7) is 1.93. The zero-order valence-electron chi connectivity index (χ0n) is 9.38. The number of furan rings is 1. The van der Waals surface area contributed by atoms with E-state index in [2.05, 4.69) is 0 Å². The van der Waals surface area contributed by atoms with E-state index in [1.807, 2.05) is 6.92 Å². The largest absolute Gasteiger partial charge is 0.480 e. The number of amides is 1. The van der Waals surface area contributed by atoms with Crippen molar-refractivity contribution in [3.05, 3.63) is 23.7 Å². The highest BCUT2D eigenvalue weighted by Crippen LogP contribution is 2.24. The summed E-state index contributed by atoms with van der Waals surface area (Å²) < 4.78 is 5.34. The van der Waals surface area contributed by atoms with Crippen LogP contribution < -0.4 is 0 Å². The van der Waals surface area contributed by atoms with E-state index in [1.165, 1.54) is 16.7 Å². The van der Waals surface area contributed by atoms with Gasteiger partial charge in [0.15, 0.2) is 5.76 Å². The van der Waals surface area contributed by atoms with E-state index < -0.39 is 12.0 Å². The van der Waals surface area contributed by atoms with Gasteiger partial charge in [0.1, 0.15) is 11.8 Å². The summed E-state index contributed by atoms with van der Waals surface area (Å²) in [6, 6.07) is 2.60. The van der Waals surface area contributed by atoms with Gasteiger partial charge in [-0.25, -0.2) is 4.79 Å². The fourth-order valence-corrected chi connectivity index (χ4v) is 2.82. The molecule has 0 spiro atoms. The van der Waals surface area contributed by atoms with Crippen molar-refractivity contribution in [2.24, 2.45) is 0 Å². The lowest BCUT2D eigenvalue weighted by atomic mass is 10.3. The molecule has 0 aromatic carbocycles. The van der Waals surface area contributed by atoms with Gasteiger partial charge in [0.05, 0.1) is 5.88 Å². The molecule has 2 rings (SSSR count). The number of nitrogens with zero attached hydrogens (tertiary/aromatic N) is 1. The first kappa shape index (κ1) is 12.0. The van der Waals surface area contributed by atoms with Gasteiger partial charge in [0, 0.05) is 12.2 Å². The number of rotatable bonds is 3. The van der Waals surface area contributed by atoms with Gasteiger partial charge < -0.3 is 14.4 Å². The molecular formula is C11H13NO4S. The van der Waals surface area contributed by atoms with Crippen LogP contribution in [0.4, 0.5) is 0 Å². The van der Waals surface area contributed by atoms with Crippen molar-refractivity contribution in [1.82, 2.24) is 4.90 Å². The van der Waals surface area contributed by atoms with Gasteiger partial charge in [-0.3, -0.25) is 4.79 Å². The Morgan fingerprint density at radius 2 is 2.35 bits per heavy atom. The number of aliphatic carboxylic acids is 1. The maximum absolute atomic E-state index is 12.0. The summed E-state index contributed by atoms with van der Waals surface area (Å²) >= 11 is 1.44. The molecule has 1 N–H and O–H groups in total. The molecule has 1 aliphatic heterocycles. The average molecular weight is 255 g/mol. The third kappa shape index (κ3) is 2.31. The summed E-state index contributed by atoms with van der Waals surface area (Å²) in [7, 11) is 0. The molecule has 1 aromatic heterocycles. The molecule has 92 valence electrons. The fourth-order valence-electron chi connectivity index (χ4n) is 1.67. The summed E-state index contributed by atoms with van der Waals surface area (Å²) in [6.07, 6.45) is 0.713. The quantitative estimate of drug-likeness (QED) is 0.885. The summed E-state index contributed by atoms with van der Waals surface area (Å²) in [5.41, 5.74) is 0. The number of carboxylic acid groups (broad SMARTS) is 1. The molecule has 1 amide bonds. The van der Waals surface area contributed by atoms with E-state index in [0.717, 1.165) is 5.76 Å². The standard InChI is InChI=1S/C11H13NO4S/c1-2-7-3-4-9(16-7)10(13)12-6-17-5-8(12)11(14)15/h3-4,8H,2,5-6H2,1H3,(H,14,15)/t8-/m0/s1. The lowest BCUT2D eigenvalue weighted by Gasteiger charge is -2.18. The molecule has 1 fully saturated rings. The fraction of sp³-hybridized carbons (Fsp3) is 0.455. The van der Waals surface area contributed by atoms with Crippen LogP contribution in [0, 0.1) is 0 Å². The molecular weight excluding hydrogens is 242 g/mol. The van der Waals surface area contributed by atoms with Gasteiger partial charge in [0.2, 0.25) is 0 Å². The van der Waals surface area contributed by atoms with Crippen LogP contribution in [0.5, 0.6) is 0 Å². The maximum Gasteiger partial charge on any atom is 0.327 e. The average Bonchev–Trinajstić information content (AvgIpc) is 2.97. The normalized spacial score (nSPS) is 19.6. The minimum absolute atomic E-state index is 0.218. The van der Waals surface area contributed by atoms with Gasteiger partial charge in [-0.1, -0.05) is 6.92 Å². The third-order valence-corrected chi connectivity index (χ3v) is 3.66. The van der Waals surface area contributed by atoms with E-state index in [1.54, 1.807) is 12.1 Å². The Hall–Kier alpha value is -1.43. The molecule has 0 saturated carbocycles. The Bertz CT molecular complexity index is 442. The molecule has 0 aliphatic carbocycles. The van der Waals surface area contributed by atoms with Crippen molar-refractivity contribution in [3.63, 3.8) is 0 Å². The molecule has 0 bridgehead atoms. The predicted molar refractivity (Wildman–Crippen MR) is 63.0 cm³/mol. The van der Waals surface area contributed by atoms with E-state index in [9.17, 15) is 9.59 Å². The number of carbonyl (C=O) groups is 2. The van der Waals surface area contributed by atoms with E-state index in [4.69, 9.17) is 9.52 Å². The van der Waals surface area contributed by atoms with Crippen LogP contribution in [-0.4, -0.2) is 39.6 Å². The summed E-state index contributed by atoms with van der Waals surface area (Å²) in [5.74, 6) is 0.468. The molecule has 2 heterocycles. The predicted octanol–water partition coefficient (Wildman–Crippen LogP) is 1.44. The smallest absolute Gasteiger partial charge is 0.327 e. The molecule has 1 atom stereocenters. The van der Waals surface area contributed by atoms with E-state index >= 15 is 0 Å². The van der Waals surface area contributed by atoms with Crippen molar-refractivity contribution < 1.29 is 19.1 Å². The van der Waals surface area contributed by atoms with Crippen LogP contribution in [0.1, 0.15) is 23.2 Å². The van der Waals surface area contributed by atoms with E-state index in [-0.39, 0.29) is 11.7 Å². The molecule has 1 saturated heterocycles. The minimum atomic E-state index is -0.967. The molecule has 1 aliphatic rings. The first-order valence-corrected chi connectivity index (χ1v) is 6.49. The lowest BCUT2D eigenvalue weighted by Crippen LogP contribution is -2.41. The SMILES string of the molecule is CCc1ccc(C(=O)N2CSC[C@H]2C(=O)O)o1. The first-order chi connectivity index (χ1) is 8.13. The number of hydrogen-bond donors (Lipinski definition) is 1. The first-order valence-electron chi connectivity index (χ1n) is 5.33. The van der Waals surface area contributed by atoms with Gasteiger partial charge in [0.25, 0.3) is 5.91 Å². The Labute approximate surface area is 103 Å². The summed E-state index contributed by atoms with van der Waals surface area (Å²) in [4.78, 5) is 24.4. The Morgan fingerprint density at radius 1 is 1.59 bits per heavy atom. The number of thioether (sulfide) groups is 1. The van der Waals surface area contributed by atoms with Crippen LogP contribution in [-0.2, 0) is 11.2 Å². The zero-order valence-corrected chi connectivity index (χ0v) is 10.2. The number of carboxylic acids is 1. The van der Waals surface area contributed by atoms with Crippen LogP contribution in [0.2, 0.25) is 0 Å². The van der Waals surface area contributed by atoms with Crippen molar-refractivity contribution >= 4 is 23.6 Å². The van der Waals surface area contributed by atoms with Gasteiger partial charge >= 0.3 is 5.97 Å². The number of aryl methyl sites for hydroxylation is 1. The highest BCUT2D eigenvalue weighted by atomic mass is 32.2. The second-order valence-corrected chi connectivity index (χ2v) is 4.75. The van der Waals surface area contributed by atoms with Crippen LogP contribution >= 0.6 is 11.8 Å². The van der Waals surface area contributed by atoms with Gasteiger partial charge in [-0.15, -0.1) is 11.8 Å². The maximum atomic E-state index is 12.0. The van der Waals surface area contributed by atoms with Crippen LogP contribution in [0.25, 0.3) is 0 Å². The topological polar surface area (TPSA) is 70.8 Å². The minimum Gasteiger partial charge on any atom is -0.480 e. The molecule has 0 unspecified atom stereocenters. The van der Waals surface area contributed by atoms with Crippen molar-refractivity contribution in [3.8, 4) is 0 Å². The lowest BCUT2D eigenvalue weighted by molar-refractivity contribution is -0.140. The van der Waals surface area contributed by atoms with Crippen LogP contribution in [0.3, 0.4) is 0 Å². The molecule has 17 heavy (non-hydrogen) atoms. The van der Waals surface area contributed by atoms with Crippen molar-refractivity contribution in [1.29, 1.82) is 0 Å². The molecule has 1 aromatic rings. The summed E-state index contributed by atoms with van der Waals surface area (Å²) in [5, 5.41) is 8.99. The Morgan fingerprint density at radius 3 is 2.94 bits per heavy atom. The number of hydrogen-bond acceptors (Lipinski definition) is 4. The Kier molecular flexibility index (Phi) is 3.42. The number of carbonyl (C=O) groups excluding carboxylic acids is 1. The zero-order chi connectivity index (χ0) is 12.4. The van der Waals surface area contributed by atoms with Crippen molar-refractivity contribution in [2.45, 2.75) is 19.4 Å². The second kappa shape index (κ2) is 4.83. The molecule has 5 nitrogen and oxygen atoms in total. The monoisotopic (exact) mass is 255 g/mol. The molecule has 6 heteroatoms. The third-order valence-electron chi connectivity index (χ3n) is 2.65. The highest BCUT2D eigenvalue weighted by molar-refractivity contribution is 7.99. The van der Waals surface area contributed by atoms with Gasteiger partial charge in [-0.2, -0.15) is 0 Å².